The van der Waals surface area contributed by atoms with Crippen molar-refractivity contribution in [3.05, 3.63) is 94.0 Å². The zero-order valence-corrected chi connectivity index (χ0v) is 17.7. The highest BCUT2D eigenvalue weighted by Crippen LogP contribution is 2.16. The van der Waals surface area contributed by atoms with Gasteiger partial charge >= 0.3 is 5.97 Å². The van der Waals surface area contributed by atoms with Gasteiger partial charge < -0.3 is 15.4 Å². The highest BCUT2D eigenvalue weighted by molar-refractivity contribution is 9.10. The molecule has 0 radical (unpaired) electrons. The summed E-state index contributed by atoms with van der Waals surface area (Å²) in [6, 6.07) is 20.8. The van der Waals surface area contributed by atoms with E-state index in [1.54, 1.807) is 48.5 Å². The number of hydrogen-bond acceptors (Lipinski definition) is 4. The van der Waals surface area contributed by atoms with E-state index in [0.29, 0.717) is 29.1 Å². The summed E-state index contributed by atoms with van der Waals surface area (Å²) in [6.45, 7) is 1.62. The standard InChI is InChI=1S/C23H19BrN2O4/c1-15(27)30-21-7-3-5-18(13-21)22(28)25-14-16-8-10-20(11-9-16)26-23(29)17-4-2-6-19(24)12-17/h2-13H,14H2,1H3,(H,25,28)(H,26,29). The molecule has 0 unspecified atom stereocenters. The lowest BCUT2D eigenvalue weighted by Gasteiger charge is -2.09. The number of nitrogens with one attached hydrogen (secondary N) is 2. The van der Waals surface area contributed by atoms with Crippen LogP contribution in [0.3, 0.4) is 0 Å². The van der Waals surface area contributed by atoms with Gasteiger partial charge in [-0.15, -0.1) is 0 Å². The molecule has 6 nitrogen and oxygen atoms in total. The minimum absolute atomic E-state index is 0.204. The van der Waals surface area contributed by atoms with E-state index in [1.807, 2.05) is 18.2 Å². The molecular weight excluding hydrogens is 448 g/mol. The lowest BCUT2D eigenvalue weighted by molar-refractivity contribution is -0.131. The number of halogens is 1. The lowest BCUT2D eigenvalue weighted by atomic mass is 10.1. The fraction of sp³-hybridized carbons (Fsp3) is 0.0870. The molecule has 152 valence electrons. The number of hydrogen-bond donors (Lipinski definition) is 2. The Morgan fingerprint density at radius 2 is 1.53 bits per heavy atom. The zero-order chi connectivity index (χ0) is 21.5. The van der Waals surface area contributed by atoms with Crippen LogP contribution in [0.5, 0.6) is 5.75 Å². The summed E-state index contributed by atoms with van der Waals surface area (Å²) < 4.78 is 5.83. The van der Waals surface area contributed by atoms with Gasteiger partial charge in [0.2, 0.25) is 0 Å². The maximum Gasteiger partial charge on any atom is 0.308 e. The SMILES string of the molecule is CC(=O)Oc1cccc(C(=O)NCc2ccc(NC(=O)c3cccc(Br)c3)cc2)c1. The summed E-state index contributed by atoms with van der Waals surface area (Å²) in [5.74, 6) is -0.610. The van der Waals surface area contributed by atoms with Crippen LogP contribution < -0.4 is 15.4 Å². The molecule has 0 aliphatic carbocycles. The van der Waals surface area contributed by atoms with Crippen molar-refractivity contribution in [1.29, 1.82) is 0 Å². The van der Waals surface area contributed by atoms with Crippen LogP contribution in [0.2, 0.25) is 0 Å². The Morgan fingerprint density at radius 1 is 0.867 bits per heavy atom. The lowest BCUT2D eigenvalue weighted by Crippen LogP contribution is -2.22. The number of rotatable bonds is 6. The van der Waals surface area contributed by atoms with E-state index in [-0.39, 0.29) is 11.8 Å². The quantitative estimate of drug-likeness (QED) is 0.412. The van der Waals surface area contributed by atoms with Crippen LogP contribution in [-0.4, -0.2) is 17.8 Å². The molecule has 0 aliphatic rings. The Hall–Kier alpha value is -3.45. The molecule has 0 aliphatic heterocycles. The van der Waals surface area contributed by atoms with Gasteiger partial charge in [-0.2, -0.15) is 0 Å². The minimum atomic E-state index is -0.445. The second-order valence-corrected chi connectivity index (χ2v) is 7.38. The van der Waals surface area contributed by atoms with E-state index >= 15 is 0 Å². The summed E-state index contributed by atoms with van der Waals surface area (Å²) in [6.07, 6.45) is 0. The number of amides is 2. The smallest absolute Gasteiger partial charge is 0.308 e. The van der Waals surface area contributed by atoms with Crippen molar-refractivity contribution in [2.45, 2.75) is 13.5 Å². The Labute approximate surface area is 182 Å². The second kappa shape index (κ2) is 9.84. The molecule has 7 heteroatoms. The van der Waals surface area contributed by atoms with E-state index in [4.69, 9.17) is 4.74 Å². The molecule has 0 aromatic heterocycles. The first-order valence-electron chi connectivity index (χ1n) is 9.13. The first-order chi connectivity index (χ1) is 14.4. The van der Waals surface area contributed by atoms with Crippen molar-refractivity contribution < 1.29 is 19.1 Å². The maximum atomic E-state index is 12.3. The molecule has 2 N–H and O–H groups in total. The Bertz CT molecular complexity index is 1080. The summed E-state index contributed by atoms with van der Waals surface area (Å²) >= 11 is 3.35. The first-order valence-corrected chi connectivity index (χ1v) is 9.92. The molecule has 3 rings (SSSR count). The predicted octanol–water partition coefficient (Wildman–Crippen LogP) is 4.56. The number of carbonyl (C=O) groups excluding carboxylic acids is 3. The zero-order valence-electron chi connectivity index (χ0n) is 16.1. The fourth-order valence-corrected chi connectivity index (χ4v) is 3.09. The molecule has 0 spiro atoms. The van der Waals surface area contributed by atoms with Crippen LogP contribution in [0.25, 0.3) is 0 Å². The third kappa shape index (κ3) is 6.02. The Kier molecular flexibility index (Phi) is 6.98. The second-order valence-electron chi connectivity index (χ2n) is 6.47. The monoisotopic (exact) mass is 466 g/mol. The number of carbonyl (C=O) groups is 3. The fourth-order valence-electron chi connectivity index (χ4n) is 2.69. The molecule has 0 fully saturated rings. The van der Waals surface area contributed by atoms with E-state index in [1.165, 1.54) is 13.0 Å². The summed E-state index contributed by atoms with van der Waals surface area (Å²) in [4.78, 5) is 35.7. The topological polar surface area (TPSA) is 84.5 Å². The van der Waals surface area contributed by atoms with E-state index in [2.05, 4.69) is 26.6 Å². The molecule has 0 atom stereocenters. The minimum Gasteiger partial charge on any atom is -0.427 e. The van der Waals surface area contributed by atoms with Crippen LogP contribution in [-0.2, 0) is 11.3 Å². The molecule has 0 heterocycles. The number of esters is 1. The molecule has 30 heavy (non-hydrogen) atoms. The summed E-state index contributed by atoms with van der Waals surface area (Å²) in [5, 5.41) is 5.65. The van der Waals surface area contributed by atoms with E-state index in [0.717, 1.165) is 10.0 Å². The predicted molar refractivity (Wildman–Crippen MR) is 117 cm³/mol. The van der Waals surface area contributed by atoms with Crippen molar-refractivity contribution >= 4 is 39.4 Å². The third-order valence-corrected chi connectivity index (χ3v) is 4.60. The van der Waals surface area contributed by atoms with Crippen LogP contribution in [0, 0.1) is 0 Å². The summed E-state index contributed by atoms with van der Waals surface area (Å²) in [7, 11) is 0. The highest BCUT2D eigenvalue weighted by atomic mass is 79.9. The van der Waals surface area contributed by atoms with E-state index < -0.39 is 5.97 Å². The van der Waals surface area contributed by atoms with Gasteiger partial charge in [0.15, 0.2) is 0 Å². The van der Waals surface area contributed by atoms with Crippen molar-refractivity contribution in [1.82, 2.24) is 5.32 Å². The largest absolute Gasteiger partial charge is 0.427 e. The van der Waals surface area contributed by atoms with Crippen molar-refractivity contribution in [2.24, 2.45) is 0 Å². The van der Waals surface area contributed by atoms with Gasteiger partial charge in [-0.3, -0.25) is 14.4 Å². The van der Waals surface area contributed by atoms with Crippen LogP contribution in [0.1, 0.15) is 33.2 Å². The third-order valence-electron chi connectivity index (χ3n) is 4.11. The van der Waals surface area contributed by atoms with Gasteiger partial charge in [-0.05, 0) is 54.1 Å². The molecule has 2 amide bonds. The summed E-state index contributed by atoms with van der Waals surface area (Å²) in [5.41, 5.74) is 2.48. The number of ether oxygens (including phenoxy) is 1. The van der Waals surface area contributed by atoms with Crippen molar-refractivity contribution in [3.8, 4) is 5.75 Å². The Balaban J connectivity index is 1.56. The van der Waals surface area contributed by atoms with Gasteiger partial charge in [0, 0.05) is 34.8 Å². The highest BCUT2D eigenvalue weighted by Gasteiger charge is 2.09. The van der Waals surface area contributed by atoms with Gasteiger partial charge in [0.25, 0.3) is 11.8 Å². The molecular formula is C23H19BrN2O4. The van der Waals surface area contributed by atoms with Gasteiger partial charge in [-0.25, -0.2) is 0 Å². The maximum absolute atomic E-state index is 12.3. The van der Waals surface area contributed by atoms with Crippen molar-refractivity contribution in [3.63, 3.8) is 0 Å². The average molecular weight is 467 g/mol. The molecule has 0 bridgehead atoms. The number of benzene rings is 3. The molecule has 3 aromatic rings. The molecule has 3 aromatic carbocycles. The Morgan fingerprint density at radius 3 is 2.20 bits per heavy atom. The molecule has 0 saturated heterocycles. The van der Waals surface area contributed by atoms with Crippen molar-refractivity contribution in [2.75, 3.05) is 5.32 Å². The van der Waals surface area contributed by atoms with Gasteiger partial charge in [-0.1, -0.05) is 40.2 Å². The van der Waals surface area contributed by atoms with Gasteiger partial charge in [0.1, 0.15) is 5.75 Å². The molecule has 0 saturated carbocycles. The van der Waals surface area contributed by atoms with E-state index in [9.17, 15) is 14.4 Å². The van der Waals surface area contributed by atoms with Crippen LogP contribution in [0.4, 0.5) is 5.69 Å². The average Bonchev–Trinajstić information content (AvgIpc) is 2.72. The normalized spacial score (nSPS) is 10.2. The van der Waals surface area contributed by atoms with Crippen LogP contribution >= 0.6 is 15.9 Å². The number of anilines is 1. The first kappa shape index (κ1) is 21.3. The van der Waals surface area contributed by atoms with Gasteiger partial charge in [0.05, 0.1) is 0 Å². The van der Waals surface area contributed by atoms with Crippen LogP contribution in [0.15, 0.2) is 77.3 Å².